The van der Waals surface area contributed by atoms with Crippen LogP contribution >= 0.6 is 0 Å². The largest absolute Gasteiger partial charge is 0.495 e. The van der Waals surface area contributed by atoms with E-state index in [1.165, 1.54) is 5.69 Å². The molecule has 0 bridgehead atoms. The number of rotatable bonds is 5. The van der Waals surface area contributed by atoms with Crippen molar-refractivity contribution in [1.82, 2.24) is 15.3 Å². The van der Waals surface area contributed by atoms with Crippen molar-refractivity contribution in [2.24, 2.45) is 0 Å². The molecule has 2 aromatic heterocycles. The van der Waals surface area contributed by atoms with Gasteiger partial charge in [0.15, 0.2) is 11.2 Å². The lowest BCUT2D eigenvalue weighted by Gasteiger charge is -2.29. The van der Waals surface area contributed by atoms with Gasteiger partial charge < -0.3 is 24.7 Å². The summed E-state index contributed by atoms with van der Waals surface area (Å²) in [4.78, 5) is 11.1. The lowest BCUT2D eigenvalue weighted by molar-refractivity contribution is 0.417. The predicted octanol–water partition coefficient (Wildman–Crippen LogP) is 4.05. The molecular weight excluding hydrogens is 378 g/mol. The Hall–Kier alpha value is -3.58. The van der Waals surface area contributed by atoms with E-state index in [1.54, 1.807) is 13.3 Å². The van der Waals surface area contributed by atoms with Gasteiger partial charge in [-0.1, -0.05) is 6.07 Å². The Morgan fingerprint density at radius 1 is 1.07 bits per heavy atom. The number of methoxy groups -OCH3 is 1. The maximum Gasteiger partial charge on any atom is 0.228 e. The van der Waals surface area contributed by atoms with Gasteiger partial charge in [0, 0.05) is 49.3 Å². The molecule has 7 nitrogen and oxygen atoms in total. The van der Waals surface area contributed by atoms with Crippen molar-refractivity contribution >= 4 is 28.3 Å². The molecule has 0 spiro atoms. The molecule has 0 aliphatic carbocycles. The molecule has 2 aromatic carbocycles. The number of nitrogens with zero attached hydrogens (tertiary/aromatic N) is 3. The number of ether oxygens (including phenoxy) is 1. The third-order valence-corrected chi connectivity index (χ3v) is 5.22. The number of hydrogen-bond donors (Lipinski definition) is 2. The van der Waals surface area contributed by atoms with E-state index in [2.05, 4.69) is 49.8 Å². The number of aromatic nitrogens is 2. The molecule has 0 atom stereocenters. The zero-order valence-corrected chi connectivity index (χ0v) is 16.8. The Labute approximate surface area is 174 Å². The maximum atomic E-state index is 5.88. The van der Waals surface area contributed by atoms with Crippen LogP contribution in [0.25, 0.3) is 22.7 Å². The van der Waals surface area contributed by atoms with Crippen molar-refractivity contribution in [3.05, 3.63) is 60.8 Å². The molecule has 1 saturated heterocycles. The molecule has 4 aromatic rings. The van der Waals surface area contributed by atoms with E-state index in [0.29, 0.717) is 17.1 Å². The molecule has 5 rings (SSSR count). The van der Waals surface area contributed by atoms with Crippen LogP contribution in [0, 0.1) is 0 Å². The zero-order valence-electron chi connectivity index (χ0n) is 16.8. The highest BCUT2D eigenvalue weighted by molar-refractivity contribution is 5.77. The second-order valence-electron chi connectivity index (χ2n) is 7.17. The molecule has 7 heteroatoms. The summed E-state index contributed by atoms with van der Waals surface area (Å²) in [6.45, 7) is 4.03. The second-order valence-corrected chi connectivity index (χ2v) is 7.17. The fourth-order valence-electron chi connectivity index (χ4n) is 3.69. The first-order chi connectivity index (χ1) is 14.8. The van der Waals surface area contributed by atoms with Gasteiger partial charge in [0.25, 0.3) is 0 Å². The van der Waals surface area contributed by atoms with Crippen LogP contribution in [0.5, 0.6) is 5.75 Å². The maximum absolute atomic E-state index is 5.88. The molecule has 1 aliphatic rings. The van der Waals surface area contributed by atoms with E-state index < -0.39 is 0 Å². The van der Waals surface area contributed by atoms with Crippen molar-refractivity contribution < 1.29 is 9.15 Å². The fraction of sp³-hybridized carbons (Fsp3) is 0.217. The summed E-state index contributed by atoms with van der Waals surface area (Å²) in [5.74, 6) is 1.28. The lowest BCUT2D eigenvalue weighted by Crippen LogP contribution is -2.43. The van der Waals surface area contributed by atoms with Crippen LogP contribution in [0.15, 0.2) is 65.2 Å². The first-order valence-electron chi connectivity index (χ1n) is 10.0. The van der Waals surface area contributed by atoms with Gasteiger partial charge in [-0.15, -0.1) is 0 Å². The summed E-state index contributed by atoms with van der Waals surface area (Å²) < 4.78 is 11.4. The monoisotopic (exact) mass is 401 g/mol. The highest BCUT2D eigenvalue weighted by Gasteiger charge is 2.14. The molecule has 1 aliphatic heterocycles. The number of fused-ring (bicyclic) bond motifs is 1. The molecule has 0 radical (unpaired) electrons. The third kappa shape index (κ3) is 3.67. The zero-order chi connectivity index (χ0) is 20.3. The van der Waals surface area contributed by atoms with Gasteiger partial charge in [0.1, 0.15) is 5.75 Å². The van der Waals surface area contributed by atoms with Crippen LogP contribution < -0.4 is 20.3 Å². The number of anilines is 3. The van der Waals surface area contributed by atoms with Gasteiger partial charge >= 0.3 is 0 Å². The number of benzene rings is 2. The van der Waals surface area contributed by atoms with Gasteiger partial charge in [-0.25, -0.2) is 4.98 Å². The summed E-state index contributed by atoms with van der Waals surface area (Å²) in [5, 5.41) is 6.89. The Bertz CT molecular complexity index is 1130. The van der Waals surface area contributed by atoms with Crippen molar-refractivity contribution in [3.8, 4) is 17.2 Å². The second kappa shape index (κ2) is 8.04. The first-order valence-corrected chi connectivity index (χ1v) is 10.0. The summed E-state index contributed by atoms with van der Waals surface area (Å²) >= 11 is 0. The summed E-state index contributed by atoms with van der Waals surface area (Å²) in [6, 6.07) is 18.0. The van der Waals surface area contributed by atoms with Gasteiger partial charge in [0.05, 0.1) is 12.8 Å². The van der Waals surface area contributed by atoms with Crippen LogP contribution in [-0.4, -0.2) is 43.3 Å². The molecule has 2 N–H and O–H groups in total. The van der Waals surface area contributed by atoms with Crippen LogP contribution in [-0.2, 0) is 0 Å². The van der Waals surface area contributed by atoms with Gasteiger partial charge in [-0.3, -0.25) is 0 Å². The number of pyridine rings is 1. The molecule has 0 amide bonds. The Morgan fingerprint density at radius 2 is 1.97 bits per heavy atom. The third-order valence-electron chi connectivity index (χ3n) is 5.22. The van der Waals surface area contributed by atoms with Crippen LogP contribution in [0.1, 0.15) is 0 Å². The Balaban J connectivity index is 1.45. The van der Waals surface area contributed by atoms with Crippen LogP contribution in [0.4, 0.5) is 17.1 Å². The minimum atomic E-state index is 0.531. The molecule has 1 fully saturated rings. The van der Waals surface area contributed by atoms with E-state index in [1.807, 2.05) is 30.3 Å². The van der Waals surface area contributed by atoms with E-state index in [-0.39, 0.29) is 0 Å². The van der Waals surface area contributed by atoms with Gasteiger partial charge in [-0.05, 0) is 48.5 Å². The minimum absolute atomic E-state index is 0.531. The molecule has 0 unspecified atom stereocenters. The SMILES string of the molecule is COc1ccc(-c2nc3ncccc3o2)cc1Nc1cccc(N2CCNCC2)c1. The topological polar surface area (TPSA) is 75.5 Å². The van der Waals surface area contributed by atoms with E-state index >= 15 is 0 Å². The fourth-order valence-corrected chi connectivity index (χ4v) is 3.69. The Kier molecular flexibility index (Phi) is 4.94. The summed E-state index contributed by atoms with van der Waals surface area (Å²) in [5.41, 5.74) is 5.18. The van der Waals surface area contributed by atoms with E-state index in [4.69, 9.17) is 9.15 Å². The smallest absolute Gasteiger partial charge is 0.228 e. The summed E-state index contributed by atoms with van der Waals surface area (Å²) in [7, 11) is 1.67. The standard InChI is InChI=1S/C23H23N5O2/c1-29-20-8-7-16(23-27-22-21(30-23)6-3-9-25-22)14-19(20)26-17-4-2-5-18(15-17)28-12-10-24-11-13-28/h2-9,14-15,24,26H,10-13H2,1H3. The summed E-state index contributed by atoms with van der Waals surface area (Å²) in [6.07, 6.45) is 1.71. The van der Waals surface area contributed by atoms with Crippen molar-refractivity contribution in [3.63, 3.8) is 0 Å². The van der Waals surface area contributed by atoms with Crippen molar-refractivity contribution in [2.75, 3.05) is 43.5 Å². The highest BCUT2D eigenvalue weighted by Crippen LogP contribution is 2.34. The molecule has 152 valence electrons. The van der Waals surface area contributed by atoms with E-state index in [0.717, 1.165) is 48.9 Å². The number of nitrogens with one attached hydrogen (secondary N) is 2. The molecule has 3 heterocycles. The van der Waals surface area contributed by atoms with Crippen LogP contribution in [0.2, 0.25) is 0 Å². The van der Waals surface area contributed by atoms with E-state index in [9.17, 15) is 0 Å². The number of oxazole rings is 1. The molecule has 0 saturated carbocycles. The average Bonchev–Trinajstić information content (AvgIpc) is 3.24. The first kappa shape index (κ1) is 18.4. The quantitative estimate of drug-likeness (QED) is 0.522. The molecule has 30 heavy (non-hydrogen) atoms. The van der Waals surface area contributed by atoms with Gasteiger partial charge in [-0.2, -0.15) is 4.98 Å². The normalized spacial score (nSPS) is 14.1. The molecular formula is C23H23N5O2. The van der Waals surface area contributed by atoms with Crippen molar-refractivity contribution in [2.45, 2.75) is 0 Å². The van der Waals surface area contributed by atoms with Crippen LogP contribution in [0.3, 0.4) is 0 Å². The Morgan fingerprint density at radius 3 is 2.80 bits per heavy atom. The average molecular weight is 401 g/mol. The number of hydrogen-bond acceptors (Lipinski definition) is 7. The highest BCUT2D eigenvalue weighted by atomic mass is 16.5. The van der Waals surface area contributed by atoms with Crippen molar-refractivity contribution in [1.29, 1.82) is 0 Å². The number of piperazine rings is 1. The van der Waals surface area contributed by atoms with Gasteiger partial charge in [0.2, 0.25) is 5.89 Å². The lowest BCUT2D eigenvalue weighted by atomic mass is 10.1. The predicted molar refractivity (Wildman–Crippen MR) is 119 cm³/mol. The minimum Gasteiger partial charge on any atom is -0.495 e.